The van der Waals surface area contributed by atoms with Crippen LogP contribution in [0.1, 0.15) is 28.5 Å². The number of benzene rings is 1. The third kappa shape index (κ3) is 3.51. The lowest BCUT2D eigenvalue weighted by Crippen LogP contribution is -2.25. The number of nitrogen functional groups attached to an aromatic ring is 1. The van der Waals surface area contributed by atoms with Gasteiger partial charge in [0, 0.05) is 11.9 Å². The molecule has 110 valence electrons. The summed E-state index contributed by atoms with van der Waals surface area (Å²) in [4.78, 5) is 16.5. The molecule has 0 saturated carbocycles. The fourth-order valence-electron chi connectivity index (χ4n) is 2.07. The molecule has 0 aliphatic heterocycles. The largest absolute Gasteiger partial charge is 0.497 e. The van der Waals surface area contributed by atoms with Crippen LogP contribution in [-0.2, 0) is 13.0 Å². The molecule has 2 rings (SSSR count). The van der Waals surface area contributed by atoms with Crippen molar-refractivity contribution in [2.75, 3.05) is 12.8 Å². The van der Waals surface area contributed by atoms with Gasteiger partial charge >= 0.3 is 0 Å². The summed E-state index contributed by atoms with van der Waals surface area (Å²) < 4.78 is 5.11. The van der Waals surface area contributed by atoms with E-state index in [4.69, 9.17) is 10.5 Å². The molecular weight excluding hydrogens is 266 g/mol. The van der Waals surface area contributed by atoms with Crippen LogP contribution in [0.2, 0.25) is 0 Å². The van der Waals surface area contributed by atoms with Gasteiger partial charge in [-0.25, -0.2) is 0 Å². The first-order chi connectivity index (χ1) is 10.2. The van der Waals surface area contributed by atoms with Crippen molar-refractivity contribution in [3.63, 3.8) is 0 Å². The lowest BCUT2D eigenvalue weighted by Gasteiger charge is -2.10. The normalized spacial score (nSPS) is 10.2. The average molecular weight is 285 g/mol. The molecule has 0 fully saturated rings. The molecular formula is C16H19N3O2. The van der Waals surface area contributed by atoms with Crippen molar-refractivity contribution in [1.29, 1.82) is 0 Å². The Morgan fingerprint density at radius 2 is 2.19 bits per heavy atom. The van der Waals surface area contributed by atoms with Crippen molar-refractivity contribution in [3.8, 4) is 5.75 Å². The number of hydrogen-bond acceptors (Lipinski definition) is 4. The maximum Gasteiger partial charge on any atom is 0.253 e. The number of anilines is 1. The van der Waals surface area contributed by atoms with Crippen molar-refractivity contribution in [1.82, 2.24) is 10.3 Å². The molecule has 2 aromatic rings. The molecule has 0 aliphatic carbocycles. The summed E-state index contributed by atoms with van der Waals surface area (Å²) in [6.45, 7) is 2.43. The lowest BCUT2D eigenvalue weighted by atomic mass is 10.1. The number of hydrogen-bond donors (Lipinski definition) is 2. The smallest absolute Gasteiger partial charge is 0.253 e. The number of carbonyl (C=O) groups excluding carboxylic acids is 1. The minimum atomic E-state index is -0.237. The van der Waals surface area contributed by atoms with E-state index in [0.29, 0.717) is 23.5 Å². The van der Waals surface area contributed by atoms with Crippen molar-refractivity contribution in [3.05, 3.63) is 53.3 Å². The number of rotatable bonds is 5. The van der Waals surface area contributed by atoms with Gasteiger partial charge in [0.15, 0.2) is 0 Å². The second-order valence-corrected chi connectivity index (χ2v) is 4.60. The molecule has 5 heteroatoms. The van der Waals surface area contributed by atoms with Crippen molar-refractivity contribution in [2.45, 2.75) is 19.9 Å². The summed E-state index contributed by atoms with van der Waals surface area (Å²) in [5.74, 6) is 0.362. The predicted octanol–water partition coefficient (Wildman–Crippen LogP) is 2.16. The number of pyridine rings is 1. The molecule has 0 aliphatic rings. The Morgan fingerprint density at radius 3 is 2.90 bits per heavy atom. The van der Waals surface area contributed by atoms with Gasteiger partial charge in [-0.05, 0) is 36.2 Å². The SMILES string of the molecule is CCc1cccnc1CNC(=O)c1cc(OC)ccc1N. The maximum atomic E-state index is 12.2. The standard InChI is InChI=1S/C16H19N3O2/c1-3-11-5-4-8-18-15(11)10-19-16(20)13-9-12(21-2)6-7-14(13)17/h4-9H,3,10,17H2,1-2H3,(H,19,20). The van der Waals surface area contributed by atoms with Crippen LogP contribution in [0.5, 0.6) is 5.75 Å². The fraction of sp³-hybridized carbons (Fsp3) is 0.250. The van der Waals surface area contributed by atoms with E-state index in [-0.39, 0.29) is 5.91 Å². The maximum absolute atomic E-state index is 12.2. The van der Waals surface area contributed by atoms with Gasteiger partial charge in [0.25, 0.3) is 5.91 Å². The van der Waals surface area contributed by atoms with E-state index in [1.807, 2.05) is 12.1 Å². The summed E-state index contributed by atoms with van der Waals surface area (Å²) in [5.41, 5.74) is 8.66. The highest BCUT2D eigenvalue weighted by atomic mass is 16.5. The number of methoxy groups -OCH3 is 1. The topological polar surface area (TPSA) is 77.2 Å². The van der Waals surface area contributed by atoms with E-state index in [1.54, 1.807) is 31.5 Å². The lowest BCUT2D eigenvalue weighted by molar-refractivity contribution is 0.0951. The summed E-state index contributed by atoms with van der Waals surface area (Å²) in [6, 6.07) is 8.91. The molecule has 0 radical (unpaired) electrons. The Hall–Kier alpha value is -2.56. The van der Waals surface area contributed by atoms with E-state index in [0.717, 1.165) is 17.7 Å². The van der Waals surface area contributed by atoms with E-state index in [1.165, 1.54) is 0 Å². The first-order valence-electron chi connectivity index (χ1n) is 6.80. The van der Waals surface area contributed by atoms with Gasteiger partial charge < -0.3 is 15.8 Å². The Bertz CT molecular complexity index is 641. The minimum Gasteiger partial charge on any atom is -0.497 e. The zero-order chi connectivity index (χ0) is 15.2. The van der Waals surface area contributed by atoms with E-state index in [9.17, 15) is 4.79 Å². The molecule has 3 N–H and O–H groups in total. The Kier molecular flexibility index (Phi) is 4.77. The monoisotopic (exact) mass is 285 g/mol. The van der Waals surface area contributed by atoms with Gasteiger partial charge in [0.2, 0.25) is 0 Å². The zero-order valence-electron chi connectivity index (χ0n) is 12.2. The zero-order valence-corrected chi connectivity index (χ0v) is 12.2. The van der Waals surface area contributed by atoms with Crippen LogP contribution in [0.25, 0.3) is 0 Å². The van der Waals surface area contributed by atoms with Crippen molar-refractivity contribution in [2.24, 2.45) is 0 Å². The second kappa shape index (κ2) is 6.74. The second-order valence-electron chi connectivity index (χ2n) is 4.60. The van der Waals surface area contributed by atoms with E-state index in [2.05, 4.69) is 17.2 Å². The molecule has 1 aromatic carbocycles. The molecule has 1 amide bonds. The van der Waals surface area contributed by atoms with Gasteiger partial charge in [-0.15, -0.1) is 0 Å². The molecule has 21 heavy (non-hydrogen) atoms. The van der Waals surface area contributed by atoms with Gasteiger partial charge in [-0.1, -0.05) is 13.0 Å². The highest BCUT2D eigenvalue weighted by molar-refractivity contribution is 5.99. The summed E-state index contributed by atoms with van der Waals surface area (Å²) >= 11 is 0. The van der Waals surface area contributed by atoms with Crippen LogP contribution < -0.4 is 15.8 Å². The first-order valence-corrected chi connectivity index (χ1v) is 6.80. The summed E-state index contributed by atoms with van der Waals surface area (Å²) in [5, 5.41) is 2.85. The van der Waals surface area contributed by atoms with Gasteiger partial charge in [-0.3, -0.25) is 9.78 Å². The van der Waals surface area contributed by atoms with E-state index < -0.39 is 0 Å². The van der Waals surface area contributed by atoms with Crippen LogP contribution in [0.3, 0.4) is 0 Å². The highest BCUT2D eigenvalue weighted by Gasteiger charge is 2.11. The van der Waals surface area contributed by atoms with Crippen LogP contribution >= 0.6 is 0 Å². The quantitative estimate of drug-likeness (QED) is 0.825. The van der Waals surface area contributed by atoms with Gasteiger partial charge in [0.05, 0.1) is 24.9 Å². The van der Waals surface area contributed by atoms with Gasteiger partial charge in [0.1, 0.15) is 5.75 Å². The number of carbonyl (C=O) groups is 1. The van der Waals surface area contributed by atoms with Crippen LogP contribution in [0.4, 0.5) is 5.69 Å². The third-order valence-corrected chi connectivity index (χ3v) is 3.29. The molecule has 0 spiro atoms. The predicted molar refractivity (Wildman–Crippen MR) is 82.2 cm³/mol. The molecule has 5 nitrogen and oxygen atoms in total. The number of aromatic nitrogens is 1. The van der Waals surface area contributed by atoms with E-state index >= 15 is 0 Å². The van der Waals surface area contributed by atoms with Crippen LogP contribution in [-0.4, -0.2) is 18.0 Å². The number of nitrogens with zero attached hydrogens (tertiary/aromatic N) is 1. The molecule has 1 heterocycles. The van der Waals surface area contributed by atoms with Crippen molar-refractivity contribution >= 4 is 11.6 Å². The summed E-state index contributed by atoms with van der Waals surface area (Å²) in [6.07, 6.45) is 2.60. The summed E-state index contributed by atoms with van der Waals surface area (Å²) in [7, 11) is 1.55. The Balaban J connectivity index is 2.11. The number of nitrogens with one attached hydrogen (secondary N) is 1. The third-order valence-electron chi connectivity index (χ3n) is 3.29. The molecule has 1 aromatic heterocycles. The first kappa shape index (κ1) is 14.8. The number of nitrogens with two attached hydrogens (primary N) is 1. The minimum absolute atomic E-state index is 0.237. The Labute approximate surface area is 124 Å². The Morgan fingerprint density at radius 1 is 1.38 bits per heavy atom. The number of aryl methyl sites for hydroxylation is 1. The number of amides is 1. The molecule has 0 atom stereocenters. The fourth-order valence-corrected chi connectivity index (χ4v) is 2.07. The molecule has 0 saturated heterocycles. The average Bonchev–Trinajstić information content (AvgIpc) is 2.53. The van der Waals surface area contributed by atoms with Crippen molar-refractivity contribution < 1.29 is 9.53 Å². The highest BCUT2D eigenvalue weighted by Crippen LogP contribution is 2.19. The number of ether oxygens (including phenoxy) is 1. The van der Waals surface area contributed by atoms with Crippen LogP contribution in [0.15, 0.2) is 36.5 Å². The van der Waals surface area contributed by atoms with Gasteiger partial charge in [-0.2, -0.15) is 0 Å². The molecule has 0 bridgehead atoms. The molecule has 0 unspecified atom stereocenters. The van der Waals surface area contributed by atoms with Crippen LogP contribution in [0, 0.1) is 0 Å².